The molecule has 2 unspecified atom stereocenters. The molecule has 0 radical (unpaired) electrons. The maximum absolute atomic E-state index is 15.0. The van der Waals surface area contributed by atoms with Crippen molar-refractivity contribution in [1.29, 1.82) is 0 Å². The van der Waals surface area contributed by atoms with Gasteiger partial charge in [-0.2, -0.15) is 9.67 Å². The molecule has 0 aliphatic carbocycles. The predicted octanol–water partition coefficient (Wildman–Crippen LogP) is 3.61. The summed E-state index contributed by atoms with van der Waals surface area (Å²) in [5.41, 5.74) is 0.558. The van der Waals surface area contributed by atoms with Gasteiger partial charge in [0.15, 0.2) is 29.0 Å². The number of nitrogens with one attached hydrogen (secondary N) is 2. The van der Waals surface area contributed by atoms with Gasteiger partial charge in [0.2, 0.25) is 5.95 Å². The second kappa shape index (κ2) is 8.99. The minimum atomic E-state index is -0.639. The average molecular weight is 486 g/mol. The van der Waals surface area contributed by atoms with Gasteiger partial charge >= 0.3 is 0 Å². The zero-order chi connectivity index (χ0) is 24.7. The van der Waals surface area contributed by atoms with Crippen molar-refractivity contribution in [3.05, 3.63) is 35.8 Å². The molecule has 5 rings (SSSR count). The molecule has 186 valence electrons. The fraction of sp³-hybridized carbons (Fsp3) is 0.522. The van der Waals surface area contributed by atoms with E-state index in [9.17, 15) is 4.39 Å². The molecule has 12 heteroatoms. The smallest absolute Gasteiger partial charge is 0.229 e. The first-order valence-electron chi connectivity index (χ1n) is 11.7. The van der Waals surface area contributed by atoms with Crippen LogP contribution in [0.5, 0.6) is 5.75 Å². The van der Waals surface area contributed by atoms with Gasteiger partial charge in [-0.05, 0) is 69.5 Å². The van der Waals surface area contributed by atoms with Crippen molar-refractivity contribution in [2.24, 2.45) is 0 Å². The molecule has 10 nitrogen and oxygen atoms in total. The van der Waals surface area contributed by atoms with E-state index >= 15 is 4.39 Å². The summed E-state index contributed by atoms with van der Waals surface area (Å²) < 4.78 is 36.3. The largest absolute Gasteiger partial charge is 0.494 e. The van der Waals surface area contributed by atoms with E-state index in [1.807, 2.05) is 0 Å². The lowest BCUT2D eigenvalue weighted by molar-refractivity contribution is 0.0500. The number of hydrogen-bond acceptors (Lipinski definition) is 9. The number of halogens is 2. The van der Waals surface area contributed by atoms with E-state index < -0.39 is 11.6 Å². The van der Waals surface area contributed by atoms with Gasteiger partial charge in [-0.25, -0.2) is 13.8 Å². The number of tetrazole rings is 1. The minimum absolute atomic E-state index is 0.00841. The third-order valence-corrected chi connectivity index (χ3v) is 6.90. The fourth-order valence-electron chi connectivity index (χ4n) is 5.38. The maximum atomic E-state index is 15.0. The highest BCUT2D eigenvalue weighted by molar-refractivity contribution is 5.63. The Morgan fingerprint density at radius 1 is 1.23 bits per heavy atom. The van der Waals surface area contributed by atoms with Crippen LogP contribution in [0.4, 0.5) is 26.2 Å². The highest BCUT2D eigenvalue weighted by Gasteiger charge is 2.43. The monoisotopic (exact) mass is 485 g/mol. The molecular formula is C23H29F2N9O. The summed E-state index contributed by atoms with van der Waals surface area (Å²) >= 11 is 0. The number of aryl methyl sites for hydroxylation is 1. The zero-order valence-corrected chi connectivity index (χ0v) is 20.2. The van der Waals surface area contributed by atoms with E-state index in [1.165, 1.54) is 30.3 Å². The molecule has 0 amide bonds. The van der Waals surface area contributed by atoms with Gasteiger partial charge in [0.25, 0.3) is 0 Å². The molecular weight excluding hydrogens is 456 g/mol. The van der Waals surface area contributed by atoms with Crippen molar-refractivity contribution in [2.75, 3.05) is 24.3 Å². The van der Waals surface area contributed by atoms with Crippen molar-refractivity contribution in [3.8, 4) is 11.4 Å². The van der Waals surface area contributed by atoms with Crippen LogP contribution < -0.4 is 15.4 Å². The third kappa shape index (κ3) is 4.49. The highest BCUT2D eigenvalue weighted by Crippen LogP contribution is 2.38. The molecule has 2 aliphatic heterocycles. The van der Waals surface area contributed by atoms with Crippen LogP contribution >= 0.6 is 0 Å². The lowest BCUT2D eigenvalue weighted by Crippen LogP contribution is -2.55. The number of anilines is 3. The van der Waals surface area contributed by atoms with Crippen molar-refractivity contribution in [3.63, 3.8) is 0 Å². The average Bonchev–Trinajstić information content (AvgIpc) is 3.46. The number of ether oxygens (including phenoxy) is 1. The zero-order valence-electron chi connectivity index (χ0n) is 20.2. The molecule has 2 saturated heterocycles. The van der Waals surface area contributed by atoms with E-state index in [-0.39, 0.29) is 34.8 Å². The molecule has 3 aromatic rings. The van der Waals surface area contributed by atoms with Crippen LogP contribution in [0.1, 0.15) is 45.4 Å². The van der Waals surface area contributed by atoms with Crippen LogP contribution in [0.3, 0.4) is 0 Å². The van der Waals surface area contributed by atoms with Crippen LogP contribution in [-0.2, 0) is 0 Å². The lowest BCUT2D eigenvalue weighted by atomic mass is 9.84. The predicted molar refractivity (Wildman–Crippen MR) is 126 cm³/mol. The Morgan fingerprint density at radius 3 is 2.80 bits per heavy atom. The van der Waals surface area contributed by atoms with E-state index in [0.29, 0.717) is 17.6 Å². The quantitative estimate of drug-likeness (QED) is 0.542. The standard InChI is InChI=1S/C23H29F2N9O/c1-13-30-31-32-34(13)16-9-18(20(25)19(10-16)35-4)28-22-26-12-17(24)21(29-22)27-14-8-15-6-5-7-33(15)23(2,3)11-14/h9-10,12,14-15H,5-8,11H2,1-4H3,(H2,26,27,28,29). The lowest BCUT2D eigenvalue weighted by Gasteiger charge is -2.47. The first-order valence-corrected chi connectivity index (χ1v) is 11.7. The summed E-state index contributed by atoms with van der Waals surface area (Å²) in [6.45, 7) is 7.30. The molecule has 1 aromatic carbocycles. The molecule has 2 N–H and O–H groups in total. The van der Waals surface area contributed by atoms with Crippen molar-refractivity contribution < 1.29 is 13.5 Å². The number of hydrogen-bond donors (Lipinski definition) is 2. The Hall–Kier alpha value is -3.41. The summed E-state index contributed by atoms with van der Waals surface area (Å²) in [5, 5.41) is 17.5. The maximum Gasteiger partial charge on any atom is 0.229 e. The Morgan fingerprint density at radius 2 is 2.06 bits per heavy atom. The Bertz CT molecular complexity index is 1230. The second-order valence-corrected chi connectivity index (χ2v) is 9.75. The van der Waals surface area contributed by atoms with Gasteiger partial charge < -0.3 is 15.4 Å². The third-order valence-electron chi connectivity index (χ3n) is 6.90. The number of piperidine rings is 1. The van der Waals surface area contributed by atoms with Gasteiger partial charge in [0.05, 0.1) is 24.7 Å². The van der Waals surface area contributed by atoms with Crippen molar-refractivity contribution >= 4 is 17.5 Å². The van der Waals surface area contributed by atoms with E-state index in [2.05, 4.69) is 54.9 Å². The number of benzene rings is 1. The summed E-state index contributed by atoms with van der Waals surface area (Å²) in [4.78, 5) is 10.9. The Balaban J connectivity index is 1.40. The molecule has 35 heavy (non-hydrogen) atoms. The normalized spacial score (nSPS) is 21.5. The second-order valence-electron chi connectivity index (χ2n) is 9.75. The molecule has 2 aromatic heterocycles. The molecule has 0 bridgehead atoms. The van der Waals surface area contributed by atoms with Crippen LogP contribution in [0.15, 0.2) is 18.3 Å². The van der Waals surface area contributed by atoms with E-state index in [4.69, 9.17) is 4.74 Å². The number of rotatable bonds is 6. The molecule has 2 fully saturated rings. The summed E-state index contributed by atoms with van der Waals surface area (Å²) in [5.74, 6) is -0.540. The molecule has 0 saturated carbocycles. The summed E-state index contributed by atoms with van der Waals surface area (Å²) in [6.07, 6.45) is 5.22. The molecule has 4 heterocycles. The van der Waals surface area contributed by atoms with Crippen LogP contribution in [0.2, 0.25) is 0 Å². The topological polar surface area (TPSA) is 106 Å². The molecule has 2 atom stereocenters. The first-order chi connectivity index (χ1) is 16.7. The SMILES string of the molecule is COc1cc(-n2nnnc2C)cc(Nc2ncc(F)c(NC3CC4CCCN4C(C)(C)C3)n2)c1F. The van der Waals surface area contributed by atoms with Gasteiger partial charge in [0, 0.05) is 23.7 Å². The fourth-order valence-corrected chi connectivity index (χ4v) is 5.38. The number of aromatic nitrogens is 6. The number of methoxy groups -OCH3 is 1. The minimum Gasteiger partial charge on any atom is -0.494 e. The van der Waals surface area contributed by atoms with E-state index in [0.717, 1.165) is 32.0 Å². The first kappa shape index (κ1) is 23.3. The Kier molecular flexibility index (Phi) is 5.99. The van der Waals surface area contributed by atoms with Crippen LogP contribution in [0, 0.1) is 18.6 Å². The van der Waals surface area contributed by atoms with Crippen molar-refractivity contribution in [1.82, 2.24) is 35.1 Å². The van der Waals surface area contributed by atoms with Crippen LogP contribution in [0.25, 0.3) is 5.69 Å². The van der Waals surface area contributed by atoms with Crippen molar-refractivity contribution in [2.45, 2.75) is 64.1 Å². The van der Waals surface area contributed by atoms with E-state index in [1.54, 1.807) is 6.92 Å². The molecule has 0 spiro atoms. The molecule has 2 aliphatic rings. The van der Waals surface area contributed by atoms with Gasteiger partial charge in [-0.1, -0.05) is 0 Å². The summed E-state index contributed by atoms with van der Waals surface area (Å²) in [6, 6.07) is 3.56. The number of nitrogens with zero attached hydrogens (tertiary/aromatic N) is 7. The van der Waals surface area contributed by atoms with Gasteiger partial charge in [0.1, 0.15) is 0 Å². The highest BCUT2D eigenvalue weighted by atomic mass is 19.1. The summed E-state index contributed by atoms with van der Waals surface area (Å²) in [7, 11) is 1.37. The number of fused-ring (bicyclic) bond motifs is 1. The van der Waals surface area contributed by atoms with Crippen LogP contribution in [-0.4, -0.2) is 66.4 Å². The van der Waals surface area contributed by atoms with Gasteiger partial charge in [-0.15, -0.1) is 5.10 Å². The Labute approximate surface area is 202 Å². The van der Waals surface area contributed by atoms with Gasteiger partial charge in [-0.3, -0.25) is 4.90 Å².